The van der Waals surface area contributed by atoms with Gasteiger partial charge in [-0.1, -0.05) is 19.1 Å². The Morgan fingerprint density at radius 2 is 2.09 bits per heavy atom. The molecule has 0 unspecified atom stereocenters. The molecule has 1 N–H and O–H groups in total. The number of hydrogen-bond acceptors (Lipinski definition) is 4. The van der Waals surface area contributed by atoms with Crippen LogP contribution in [0.1, 0.15) is 18.9 Å². The first-order chi connectivity index (χ1) is 10.5. The first-order valence-electron chi connectivity index (χ1n) is 7.08. The largest absolute Gasteiger partial charge is 0.480 e. The molecule has 1 heterocycles. The monoisotopic (exact) mass is 303 g/mol. The Kier molecular flexibility index (Phi) is 5.04. The van der Waals surface area contributed by atoms with Gasteiger partial charge >= 0.3 is 5.97 Å². The van der Waals surface area contributed by atoms with Crippen molar-refractivity contribution in [2.45, 2.75) is 20.3 Å². The second-order valence-corrected chi connectivity index (χ2v) is 5.06. The topological polar surface area (TPSA) is 66.3 Å². The minimum atomic E-state index is -0.913. The third-order valence-electron chi connectivity index (χ3n) is 3.20. The number of benzene rings is 1. The predicted molar refractivity (Wildman–Crippen MR) is 82.3 cm³/mol. The van der Waals surface area contributed by atoms with Gasteiger partial charge in [0.2, 0.25) is 0 Å². The highest BCUT2D eigenvalue weighted by Gasteiger charge is 2.15. The van der Waals surface area contributed by atoms with Crippen LogP contribution in [-0.2, 0) is 4.79 Å². The summed E-state index contributed by atoms with van der Waals surface area (Å²) in [5.41, 5.74) is 2.01. The highest BCUT2D eigenvalue weighted by atomic mass is 19.1. The zero-order valence-corrected chi connectivity index (χ0v) is 12.6. The van der Waals surface area contributed by atoms with Crippen molar-refractivity contribution in [1.82, 2.24) is 10.2 Å². The number of rotatable bonds is 6. The number of carboxylic acid groups (broad SMARTS) is 1. The van der Waals surface area contributed by atoms with E-state index in [4.69, 9.17) is 5.11 Å². The normalized spacial score (nSPS) is 10.5. The molecule has 0 aliphatic rings. The van der Waals surface area contributed by atoms with E-state index in [0.29, 0.717) is 23.6 Å². The van der Waals surface area contributed by atoms with Crippen molar-refractivity contribution in [3.05, 3.63) is 41.7 Å². The number of nitrogens with zero attached hydrogens (tertiary/aromatic N) is 3. The van der Waals surface area contributed by atoms with Gasteiger partial charge in [0, 0.05) is 12.1 Å². The Balaban J connectivity index is 2.34. The number of halogens is 1. The van der Waals surface area contributed by atoms with E-state index in [1.54, 1.807) is 23.1 Å². The number of carboxylic acids is 1. The molecule has 1 aromatic carbocycles. The SMILES string of the molecule is CCCN(CC(=O)O)c1nnc(-c2cccc(F)c2)cc1C. The molecule has 2 aromatic rings. The van der Waals surface area contributed by atoms with Gasteiger partial charge in [-0.3, -0.25) is 4.79 Å². The molecule has 116 valence electrons. The Morgan fingerprint density at radius 3 is 2.68 bits per heavy atom. The Morgan fingerprint density at radius 1 is 1.32 bits per heavy atom. The van der Waals surface area contributed by atoms with Crippen molar-refractivity contribution in [3.63, 3.8) is 0 Å². The van der Waals surface area contributed by atoms with Crippen LogP contribution in [0, 0.1) is 12.7 Å². The van der Waals surface area contributed by atoms with E-state index in [0.717, 1.165) is 12.0 Å². The Hall–Kier alpha value is -2.50. The minimum Gasteiger partial charge on any atom is -0.480 e. The highest BCUT2D eigenvalue weighted by Crippen LogP contribution is 2.23. The van der Waals surface area contributed by atoms with Crippen LogP contribution in [0.5, 0.6) is 0 Å². The van der Waals surface area contributed by atoms with Gasteiger partial charge in [-0.15, -0.1) is 10.2 Å². The third-order valence-corrected chi connectivity index (χ3v) is 3.20. The van der Waals surface area contributed by atoms with Crippen molar-refractivity contribution < 1.29 is 14.3 Å². The van der Waals surface area contributed by atoms with E-state index in [2.05, 4.69) is 10.2 Å². The molecule has 22 heavy (non-hydrogen) atoms. The molecule has 0 saturated heterocycles. The van der Waals surface area contributed by atoms with Crippen LogP contribution in [0.4, 0.5) is 10.2 Å². The van der Waals surface area contributed by atoms with E-state index in [-0.39, 0.29) is 12.4 Å². The first-order valence-corrected chi connectivity index (χ1v) is 7.08. The summed E-state index contributed by atoms with van der Waals surface area (Å²) in [6, 6.07) is 7.93. The van der Waals surface area contributed by atoms with Crippen LogP contribution in [0.15, 0.2) is 30.3 Å². The van der Waals surface area contributed by atoms with Crippen LogP contribution in [0.25, 0.3) is 11.3 Å². The summed E-state index contributed by atoms with van der Waals surface area (Å²) in [5, 5.41) is 17.3. The molecule has 0 saturated carbocycles. The molecule has 0 aliphatic carbocycles. The lowest BCUT2D eigenvalue weighted by molar-refractivity contribution is -0.135. The quantitative estimate of drug-likeness (QED) is 0.889. The van der Waals surface area contributed by atoms with E-state index in [9.17, 15) is 9.18 Å². The molecule has 2 rings (SSSR count). The van der Waals surface area contributed by atoms with E-state index in [1.807, 2.05) is 13.8 Å². The third kappa shape index (κ3) is 3.78. The molecule has 0 atom stereocenters. The number of aryl methyl sites for hydroxylation is 1. The number of hydrogen-bond donors (Lipinski definition) is 1. The number of aromatic nitrogens is 2. The summed E-state index contributed by atoms with van der Waals surface area (Å²) in [4.78, 5) is 12.6. The summed E-state index contributed by atoms with van der Waals surface area (Å²) in [6.45, 7) is 4.28. The average Bonchev–Trinajstić information content (AvgIpc) is 2.46. The molecule has 1 aromatic heterocycles. The van der Waals surface area contributed by atoms with Gasteiger partial charge in [-0.25, -0.2) is 4.39 Å². The number of aliphatic carboxylic acids is 1. The van der Waals surface area contributed by atoms with Crippen LogP contribution in [0.2, 0.25) is 0 Å². The standard InChI is InChI=1S/C16H18FN3O2/c1-3-7-20(10-15(21)22)16-11(2)8-14(18-19-16)12-5-4-6-13(17)9-12/h4-6,8-9H,3,7,10H2,1-2H3,(H,21,22). The van der Waals surface area contributed by atoms with Crippen LogP contribution >= 0.6 is 0 Å². The van der Waals surface area contributed by atoms with Gasteiger partial charge in [0.05, 0.1) is 5.69 Å². The van der Waals surface area contributed by atoms with Gasteiger partial charge < -0.3 is 10.0 Å². The summed E-state index contributed by atoms with van der Waals surface area (Å²) < 4.78 is 13.3. The number of anilines is 1. The second-order valence-electron chi connectivity index (χ2n) is 5.06. The average molecular weight is 303 g/mol. The smallest absolute Gasteiger partial charge is 0.323 e. The fourth-order valence-corrected chi connectivity index (χ4v) is 2.27. The van der Waals surface area contributed by atoms with E-state index < -0.39 is 5.97 Å². The molecular weight excluding hydrogens is 285 g/mol. The molecule has 0 aliphatic heterocycles. The minimum absolute atomic E-state index is 0.122. The zero-order valence-electron chi connectivity index (χ0n) is 12.6. The van der Waals surface area contributed by atoms with Crippen molar-refractivity contribution in [2.75, 3.05) is 18.0 Å². The van der Waals surface area contributed by atoms with Crippen molar-refractivity contribution in [2.24, 2.45) is 0 Å². The highest BCUT2D eigenvalue weighted by molar-refractivity contribution is 5.74. The second kappa shape index (κ2) is 6.98. The summed E-state index contributed by atoms with van der Waals surface area (Å²) in [6.07, 6.45) is 0.806. The lowest BCUT2D eigenvalue weighted by atomic mass is 10.1. The Labute approximate surface area is 128 Å². The van der Waals surface area contributed by atoms with Crippen LogP contribution < -0.4 is 4.90 Å². The lowest BCUT2D eigenvalue weighted by Crippen LogP contribution is -2.32. The summed E-state index contributed by atoms with van der Waals surface area (Å²) >= 11 is 0. The zero-order chi connectivity index (χ0) is 16.1. The molecule has 0 radical (unpaired) electrons. The maximum atomic E-state index is 13.3. The molecule has 6 heteroatoms. The van der Waals surface area contributed by atoms with E-state index in [1.165, 1.54) is 12.1 Å². The first kappa shape index (κ1) is 15.9. The van der Waals surface area contributed by atoms with Crippen LogP contribution in [0.3, 0.4) is 0 Å². The fourth-order valence-electron chi connectivity index (χ4n) is 2.27. The van der Waals surface area contributed by atoms with Gasteiger partial charge in [-0.05, 0) is 37.1 Å². The molecule has 0 bridgehead atoms. The van der Waals surface area contributed by atoms with E-state index >= 15 is 0 Å². The maximum Gasteiger partial charge on any atom is 0.323 e. The van der Waals surface area contributed by atoms with Crippen LogP contribution in [-0.4, -0.2) is 34.4 Å². The molecular formula is C16H18FN3O2. The molecule has 0 fully saturated rings. The number of carbonyl (C=O) groups is 1. The molecule has 5 nitrogen and oxygen atoms in total. The van der Waals surface area contributed by atoms with Gasteiger partial charge in [0.15, 0.2) is 5.82 Å². The molecule has 0 amide bonds. The summed E-state index contributed by atoms with van der Waals surface area (Å²) in [7, 11) is 0. The van der Waals surface area contributed by atoms with Crippen molar-refractivity contribution in [1.29, 1.82) is 0 Å². The van der Waals surface area contributed by atoms with Gasteiger partial charge in [-0.2, -0.15) is 0 Å². The lowest BCUT2D eigenvalue weighted by Gasteiger charge is -2.22. The van der Waals surface area contributed by atoms with Crippen molar-refractivity contribution >= 4 is 11.8 Å². The predicted octanol–water partition coefficient (Wildman–Crippen LogP) is 2.89. The van der Waals surface area contributed by atoms with Gasteiger partial charge in [0.1, 0.15) is 12.4 Å². The Bertz CT molecular complexity index is 676. The fraction of sp³-hybridized carbons (Fsp3) is 0.312. The maximum absolute atomic E-state index is 13.3. The summed E-state index contributed by atoms with van der Waals surface area (Å²) in [5.74, 6) is -0.701. The van der Waals surface area contributed by atoms with Crippen molar-refractivity contribution in [3.8, 4) is 11.3 Å². The molecule has 0 spiro atoms. The van der Waals surface area contributed by atoms with Gasteiger partial charge in [0.25, 0.3) is 0 Å².